The fourth-order valence-electron chi connectivity index (χ4n) is 1.97. The second-order valence-corrected chi connectivity index (χ2v) is 4.67. The van der Waals surface area contributed by atoms with Crippen molar-refractivity contribution in [3.8, 4) is 0 Å². The quantitative estimate of drug-likeness (QED) is 0.719. The summed E-state index contributed by atoms with van der Waals surface area (Å²) in [4.78, 5) is 20.6. The van der Waals surface area contributed by atoms with E-state index in [0.29, 0.717) is 23.4 Å². The molecule has 0 bridgehead atoms. The van der Waals surface area contributed by atoms with E-state index >= 15 is 0 Å². The lowest BCUT2D eigenvalue weighted by atomic mass is 10.2. The predicted octanol–water partition coefficient (Wildman–Crippen LogP) is 2.14. The molecule has 0 unspecified atom stereocenters. The summed E-state index contributed by atoms with van der Waals surface area (Å²) in [5.74, 6) is -0.245. The zero-order valence-electron chi connectivity index (χ0n) is 11.3. The summed E-state index contributed by atoms with van der Waals surface area (Å²) in [6.07, 6.45) is 1.49. The molecule has 0 fully saturated rings. The first kappa shape index (κ1) is 13.1. The van der Waals surface area contributed by atoms with Crippen LogP contribution in [0.1, 0.15) is 16.1 Å². The number of benzene rings is 2. The summed E-state index contributed by atoms with van der Waals surface area (Å²) in [6, 6.07) is 14.8. The van der Waals surface area contributed by atoms with Crippen LogP contribution in [0, 0.1) is 0 Å². The minimum Gasteiger partial charge on any atom is -0.399 e. The van der Waals surface area contributed by atoms with E-state index in [0.717, 1.165) is 11.1 Å². The molecule has 3 aromatic rings. The van der Waals surface area contributed by atoms with Gasteiger partial charge in [-0.05, 0) is 29.8 Å². The van der Waals surface area contributed by atoms with E-state index in [1.54, 1.807) is 12.1 Å². The van der Waals surface area contributed by atoms with Gasteiger partial charge in [0, 0.05) is 12.2 Å². The van der Waals surface area contributed by atoms with Crippen molar-refractivity contribution in [1.29, 1.82) is 0 Å². The molecule has 1 heterocycles. The highest BCUT2D eigenvalue weighted by Crippen LogP contribution is 2.09. The fraction of sp³-hybridized carbons (Fsp3) is 0.0625. The molecule has 0 spiro atoms. The van der Waals surface area contributed by atoms with E-state index in [1.165, 1.54) is 6.20 Å². The number of carbonyl (C=O) groups excluding carboxylic acids is 1. The molecule has 1 aromatic heterocycles. The summed E-state index contributed by atoms with van der Waals surface area (Å²) in [7, 11) is 0. The molecule has 0 radical (unpaired) electrons. The van der Waals surface area contributed by atoms with Crippen LogP contribution in [0.5, 0.6) is 0 Å². The molecule has 5 nitrogen and oxygen atoms in total. The van der Waals surface area contributed by atoms with E-state index in [-0.39, 0.29) is 5.91 Å². The number of carbonyl (C=O) groups is 1. The largest absolute Gasteiger partial charge is 0.399 e. The number of para-hydroxylation sites is 2. The number of aromatic nitrogens is 2. The van der Waals surface area contributed by atoms with Crippen molar-refractivity contribution >= 4 is 22.6 Å². The molecule has 104 valence electrons. The monoisotopic (exact) mass is 278 g/mol. The van der Waals surface area contributed by atoms with E-state index < -0.39 is 0 Å². The minimum absolute atomic E-state index is 0.245. The van der Waals surface area contributed by atoms with Gasteiger partial charge in [0.25, 0.3) is 5.91 Å². The molecule has 3 rings (SSSR count). The van der Waals surface area contributed by atoms with Gasteiger partial charge in [-0.15, -0.1) is 0 Å². The van der Waals surface area contributed by atoms with Crippen LogP contribution in [-0.2, 0) is 6.54 Å². The number of anilines is 1. The Morgan fingerprint density at radius 3 is 2.52 bits per heavy atom. The van der Waals surface area contributed by atoms with Crippen molar-refractivity contribution in [3.63, 3.8) is 0 Å². The van der Waals surface area contributed by atoms with Crippen molar-refractivity contribution in [2.75, 3.05) is 5.73 Å². The zero-order valence-corrected chi connectivity index (χ0v) is 11.3. The number of fused-ring (bicyclic) bond motifs is 1. The van der Waals surface area contributed by atoms with Gasteiger partial charge in [0.15, 0.2) is 0 Å². The number of rotatable bonds is 3. The lowest BCUT2D eigenvalue weighted by molar-refractivity contribution is 0.0946. The molecule has 0 saturated heterocycles. The van der Waals surface area contributed by atoms with Crippen molar-refractivity contribution in [1.82, 2.24) is 15.3 Å². The van der Waals surface area contributed by atoms with Gasteiger partial charge in [0.2, 0.25) is 0 Å². The number of hydrogen-bond acceptors (Lipinski definition) is 4. The van der Waals surface area contributed by atoms with Gasteiger partial charge < -0.3 is 11.1 Å². The molecule has 5 heteroatoms. The van der Waals surface area contributed by atoms with E-state index in [9.17, 15) is 4.79 Å². The molecule has 0 saturated carbocycles. The van der Waals surface area contributed by atoms with Gasteiger partial charge in [-0.2, -0.15) is 0 Å². The fourth-order valence-corrected chi connectivity index (χ4v) is 1.97. The Kier molecular flexibility index (Phi) is 3.47. The smallest absolute Gasteiger partial charge is 0.271 e. The topological polar surface area (TPSA) is 80.9 Å². The van der Waals surface area contributed by atoms with Crippen LogP contribution in [0.15, 0.2) is 54.7 Å². The second kappa shape index (κ2) is 5.58. The van der Waals surface area contributed by atoms with Crippen LogP contribution < -0.4 is 11.1 Å². The number of nitrogens with zero attached hydrogens (tertiary/aromatic N) is 2. The van der Waals surface area contributed by atoms with Gasteiger partial charge in [-0.3, -0.25) is 9.78 Å². The van der Waals surface area contributed by atoms with Crippen molar-refractivity contribution < 1.29 is 4.79 Å². The lowest BCUT2D eigenvalue weighted by Gasteiger charge is -2.06. The van der Waals surface area contributed by atoms with Crippen molar-refractivity contribution in [3.05, 3.63) is 66.0 Å². The molecular formula is C16H14N4O. The van der Waals surface area contributed by atoms with E-state index in [4.69, 9.17) is 5.73 Å². The molecule has 0 atom stereocenters. The maximum Gasteiger partial charge on any atom is 0.271 e. The Morgan fingerprint density at radius 1 is 1.05 bits per heavy atom. The number of nitrogens with two attached hydrogens (primary N) is 1. The normalized spacial score (nSPS) is 10.5. The third-order valence-electron chi connectivity index (χ3n) is 3.11. The highest BCUT2D eigenvalue weighted by atomic mass is 16.1. The molecule has 3 N–H and O–H groups in total. The van der Waals surface area contributed by atoms with Crippen LogP contribution in [0.25, 0.3) is 11.0 Å². The molecule has 1 amide bonds. The Morgan fingerprint density at radius 2 is 1.76 bits per heavy atom. The van der Waals surface area contributed by atoms with Gasteiger partial charge in [-0.25, -0.2) is 4.98 Å². The average Bonchev–Trinajstić information content (AvgIpc) is 2.53. The van der Waals surface area contributed by atoms with Gasteiger partial charge in [-0.1, -0.05) is 24.3 Å². The first-order valence-electron chi connectivity index (χ1n) is 6.57. The highest BCUT2D eigenvalue weighted by molar-refractivity contribution is 5.93. The molecule has 0 aliphatic heterocycles. The van der Waals surface area contributed by atoms with Crippen LogP contribution >= 0.6 is 0 Å². The summed E-state index contributed by atoms with van der Waals surface area (Å²) in [5.41, 5.74) is 9.08. The predicted molar refractivity (Wildman–Crippen MR) is 81.6 cm³/mol. The van der Waals surface area contributed by atoms with Crippen LogP contribution in [0.3, 0.4) is 0 Å². The number of hydrogen-bond donors (Lipinski definition) is 2. The maximum absolute atomic E-state index is 12.1. The molecular weight excluding hydrogens is 264 g/mol. The minimum atomic E-state index is -0.245. The first-order chi connectivity index (χ1) is 10.2. The number of amides is 1. The Labute approximate surface area is 121 Å². The first-order valence-corrected chi connectivity index (χ1v) is 6.57. The third-order valence-corrected chi connectivity index (χ3v) is 3.11. The van der Waals surface area contributed by atoms with Crippen molar-refractivity contribution in [2.45, 2.75) is 6.54 Å². The summed E-state index contributed by atoms with van der Waals surface area (Å²) < 4.78 is 0. The standard InChI is InChI=1S/C16H14N4O/c17-12-7-5-11(6-8-12)9-19-16(21)15-10-18-13-3-1-2-4-14(13)20-15/h1-8,10H,9,17H2,(H,19,21). The Balaban J connectivity index is 1.73. The van der Waals surface area contributed by atoms with E-state index in [1.807, 2.05) is 36.4 Å². The zero-order chi connectivity index (χ0) is 14.7. The molecule has 21 heavy (non-hydrogen) atoms. The third kappa shape index (κ3) is 2.97. The molecule has 2 aromatic carbocycles. The average molecular weight is 278 g/mol. The van der Waals surface area contributed by atoms with Gasteiger partial charge in [0.1, 0.15) is 5.69 Å². The van der Waals surface area contributed by atoms with E-state index in [2.05, 4.69) is 15.3 Å². The number of nitrogens with one attached hydrogen (secondary N) is 1. The van der Waals surface area contributed by atoms with Gasteiger partial charge >= 0.3 is 0 Å². The Bertz CT molecular complexity index is 784. The second-order valence-electron chi connectivity index (χ2n) is 4.67. The molecule has 0 aliphatic rings. The van der Waals surface area contributed by atoms with Crippen LogP contribution in [0.4, 0.5) is 5.69 Å². The maximum atomic E-state index is 12.1. The Hall–Kier alpha value is -2.95. The summed E-state index contributed by atoms with van der Waals surface area (Å²) in [6.45, 7) is 0.424. The highest BCUT2D eigenvalue weighted by Gasteiger charge is 2.08. The van der Waals surface area contributed by atoms with Gasteiger partial charge in [0.05, 0.1) is 17.2 Å². The molecule has 0 aliphatic carbocycles. The van der Waals surface area contributed by atoms with Crippen LogP contribution in [-0.4, -0.2) is 15.9 Å². The summed E-state index contributed by atoms with van der Waals surface area (Å²) >= 11 is 0. The van der Waals surface area contributed by atoms with Crippen LogP contribution in [0.2, 0.25) is 0 Å². The lowest BCUT2D eigenvalue weighted by Crippen LogP contribution is -2.24. The SMILES string of the molecule is Nc1ccc(CNC(=O)c2cnc3ccccc3n2)cc1. The number of nitrogen functional groups attached to an aromatic ring is 1. The summed E-state index contributed by atoms with van der Waals surface area (Å²) in [5, 5.41) is 2.82. The van der Waals surface area contributed by atoms with Crippen molar-refractivity contribution in [2.24, 2.45) is 0 Å².